The zero-order chi connectivity index (χ0) is 30.1. The highest BCUT2D eigenvalue weighted by Crippen LogP contribution is 2.29. The van der Waals surface area contributed by atoms with Crippen LogP contribution in [0.3, 0.4) is 0 Å². The molecule has 39 heavy (non-hydrogen) atoms. The monoisotopic (exact) mass is 591 g/mol. The van der Waals surface area contributed by atoms with Crippen LogP contribution in [-0.4, -0.2) is 73.4 Å². The van der Waals surface area contributed by atoms with Crippen molar-refractivity contribution in [2.24, 2.45) is 0 Å². The number of ether oxygens (including phenoxy) is 1. The minimum atomic E-state index is -3.63. The molecule has 12 heteroatoms. The maximum absolute atomic E-state index is 12.4. The van der Waals surface area contributed by atoms with Crippen molar-refractivity contribution in [2.75, 3.05) is 19.8 Å². The molecule has 1 atom stereocenters. The van der Waals surface area contributed by atoms with Gasteiger partial charge in [-0.3, -0.25) is 0 Å². The van der Waals surface area contributed by atoms with Gasteiger partial charge in [-0.15, -0.1) is 0 Å². The van der Waals surface area contributed by atoms with Gasteiger partial charge < -0.3 is 31.3 Å². The number of rotatable bonds is 23. The average Bonchev–Trinajstić information content (AvgIpc) is 2.80. The molecule has 227 valence electrons. The van der Waals surface area contributed by atoms with Crippen LogP contribution in [0.15, 0.2) is 24.3 Å². The molecule has 0 aromatic rings. The van der Waals surface area contributed by atoms with Gasteiger partial charge in [0.2, 0.25) is 0 Å². The fourth-order valence-corrected chi connectivity index (χ4v) is 10.0. The van der Waals surface area contributed by atoms with E-state index in [1.165, 1.54) is 0 Å². The van der Waals surface area contributed by atoms with Crippen LogP contribution >= 0.6 is 0 Å². The van der Waals surface area contributed by atoms with Crippen LogP contribution in [0.2, 0.25) is 6.04 Å². The van der Waals surface area contributed by atoms with Crippen LogP contribution in [0.25, 0.3) is 0 Å². The van der Waals surface area contributed by atoms with Crippen LogP contribution in [0, 0.1) is 0 Å². The van der Waals surface area contributed by atoms with Crippen LogP contribution in [0.1, 0.15) is 88.0 Å². The van der Waals surface area contributed by atoms with E-state index in [2.05, 4.69) is 6.58 Å². The van der Waals surface area contributed by atoms with Gasteiger partial charge in [-0.25, -0.2) is 14.7 Å². The van der Waals surface area contributed by atoms with Crippen molar-refractivity contribution >= 4 is 29.5 Å². The number of hydrogen-bond donors (Lipinski definition) is 0. The molecule has 0 heterocycles. The Morgan fingerprint density at radius 2 is 1.26 bits per heavy atom. The maximum atomic E-state index is 12.4. The highest BCUT2D eigenvalue weighted by atomic mass is 28.4. The summed E-state index contributed by atoms with van der Waals surface area (Å²) in [5.74, 6) is -1.94. The minimum Gasteiger partial charge on any atom is -0.455 e. The van der Waals surface area contributed by atoms with Crippen molar-refractivity contribution in [1.29, 1.82) is 0 Å². The van der Waals surface area contributed by atoms with Gasteiger partial charge >= 0.3 is 29.5 Å². The lowest BCUT2D eigenvalue weighted by Crippen LogP contribution is -2.61. The molecule has 0 aliphatic carbocycles. The van der Waals surface area contributed by atoms with Gasteiger partial charge in [-0.05, 0) is 88.0 Å². The Balaban J connectivity index is 6.07. The summed E-state index contributed by atoms with van der Waals surface area (Å²) in [6, 6.07) is 0.532. The van der Waals surface area contributed by atoms with Crippen molar-refractivity contribution in [2.45, 2.75) is 118 Å². The van der Waals surface area contributed by atoms with Gasteiger partial charge in [0.15, 0.2) is 5.73 Å². The van der Waals surface area contributed by atoms with Gasteiger partial charge in [0.05, 0.1) is 0 Å². The second-order valence-electron chi connectivity index (χ2n) is 9.73. The molecule has 0 spiro atoms. The first-order chi connectivity index (χ1) is 18.3. The van der Waals surface area contributed by atoms with E-state index in [4.69, 9.17) is 31.3 Å². The van der Waals surface area contributed by atoms with Crippen molar-refractivity contribution < 1.29 is 46.0 Å². The summed E-state index contributed by atoms with van der Waals surface area (Å²) in [7, 11) is -6.51. The van der Waals surface area contributed by atoms with E-state index in [9.17, 15) is 14.7 Å². The van der Waals surface area contributed by atoms with Crippen molar-refractivity contribution in [3.63, 3.8) is 0 Å². The van der Waals surface area contributed by atoms with E-state index >= 15 is 0 Å². The lowest BCUT2D eigenvalue weighted by atomic mass is 10.1. The van der Waals surface area contributed by atoms with Gasteiger partial charge in [0, 0.05) is 56.3 Å². The predicted molar refractivity (Wildman–Crippen MR) is 152 cm³/mol. The third kappa shape index (κ3) is 15.3. The molecule has 0 fully saturated rings. The summed E-state index contributed by atoms with van der Waals surface area (Å²) in [5, 5.41) is 11.6. The summed E-state index contributed by atoms with van der Waals surface area (Å²) < 4.78 is 42.4. The van der Waals surface area contributed by atoms with Crippen molar-refractivity contribution in [3.8, 4) is 0 Å². The molecular weight excluding hydrogens is 540 g/mol. The Kier molecular flexibility index (Phi) is 19.0. The predicted octanol–water partition coefficient (Wildman–Crippen LogP) is 5.33. The molecule has 0 aromatic carbocycles. The molecule has 0 aromatic heterocycles. The Morgan fingerprint density at radius 1 is 0.795 bits per heavy atom. The molecule has 0 N–H and O–H groups in total. The molecule has 1 unspecified atom stereocenters. The van der Waals surface area contributed by atoms with E-state index in [0.29, 0.717) is 44.3 Å². The van der Waals surface area contributed by atoms with E-state index in [1.807, 2.05) is 62.3 Å². The molecule has 1 radical (unpaired) electrons. The quantitative estimate of drug-likeness (QED) is 0.0882. The molecular formula is C27H51O10Si2. The Labute approximate surface area is 237 Å². The van der Waals surface area contributed by atoms with E-state index in [0.717, 1.165) is 12.2 Å². The Bertz CT molecular complexity index is 711. The van der Waals surface area contributed by atoms with E-state index < -0.39 is 35.3 Å². The van der Waals surface area contributed by atoms with Gasteiger partial charge in [0.1, 0.15) is 0 Å². The van der Waals surface area contributed by atoms with E-state index in [1.54, 1.807) is 0 Å². The van der Waals surface area contributed by atoms with Crippen LogP contribution in [-0.2, 0) is 46.0 Å². The summed E-state index contributed by atoms with van der Waals surface area (Å²) in [5.41, 5.74) is -0.271. The summed E-state index contributed by atoms with van der Waals surface area (Å²) in [6.07, 6.45) is 2.88. The lowest BCUT2D eigenvalue weighted by Gasteiger charge is -2.39. The zero-order valence-corrected chi connectivity index (χ0v) is 27.4. The van der Waals surface area contributed by atoms with Crippen molar-refractivity contribution in [3.05, 3.63) is 24.3 Å². The largest absolute Gasteiger partial charge is 0.544 e. The summed E-state index contributed by atoms with van der Waals surface area (Å²) in [6.45, 7) is 21.7. The number of esters is 1. The molecule has 10 nitrogen and oxygen atoms in total. The fraction of sp³-hybridized carbons (Fsp3) is 0.778. The molecule has 0 bridgehead atoms. The Hall–Kier alpha value is -1.39. The Morgan fingerprint density at radius 3 is 1.62 bits per heavy atom. The molecule has 0 aliphatic heterocycles. The molecule has 0 saturated heterocycles. The molecule has 0 saturated carbocycles. The topological polar surface area (TPSA) is 119 Å². The first-order valence-electron chi connectivity index (χ1n) is 14.0. The third-order valence-corrected chi connectivity index (χ3v) is 11.9. The van der Waals surface area contributed by atoms with E-state index in [-0.39, 0.29) is 31.2 Å². The van der Waals surface area contributed by atoms with Crippen LogP contribution in [0.5, 0.6) is 0 Å². The number of carbonyl (C=O) groups excluding carboxylic acids is 2. The number of carbonyl (C=O) groups is 2. The average molecular weight is 592 g/mol. The van der Waals surface area contributed by atoms with Crippen LogP contribution in [0.4, 0.5) is 0 Å². The molecule has 0 amide bonds. The first kappa shape index (κ1) is 37.6. The third-order valence-electron chi connectivity index (χ3n) is 5.14. The molecule has 0 rings (SSSR count). The standard InChI is InChI=1S/C27H51O10Si2/c1-11-26(30)34-27(39(35-21(5)6,36-22(7)8)37-23(9)10)18-17-24(20-25(28)29)16-15-19-38(31-12-2,32-13-3)33-14-4/h11,20-23,27H,1,12-19H2,2-10H3. The van der Waals surface area contributed by atoms with Gasteiger partial charge in [-0.1, -0.05) is 12.2 Å². The summed E-state index contributed by atoms with van der Waals surface area (Å²) >= 11 is 0. The highest BCUT2D eigenvalue weighted by Gasteiger charge is 2.54. The number of allylic oxidation sites excluding steroid dienone is 1. The second-order valence-corrected chi connectivity index (χ2v) is 15.0. The van der Waals surface area contributed by atoms with Gasteiger partial charge in [-0.2, -0.15) is 0 Å². The highest BCUT2D eigenvalue weighted by molar-refractivity contribution is 6.62. The molecule has 0 aliphatic rings. The first-order valence-corrected chi connectivity index (χ1v) is 17.7. The number of hydrogen-bond acceptors (Lipinski definition) is 9. The SMILES string of the molecule is C=CC(=O)OC(CCC(=CC([O])=O)CCC[Si](OCC)(OCC)OCC)[Si](OC(C)C)(OC(C)C)OC(C)C. The van der Waals surface area contributed by atoms with Crippen molar-refractivity contribution in [1.82, 2.24) is 0 Å². The lowest BCUT2D eigenvalue weighted by molar-refractivity contribution is -0.145. The fourth-order valence-electron chi connectivity index (χ4n) is 4.08. The minimum absolute atomic E-state index is 0.224. The second kappa shape index (κ2) is 19.6. The normalized spacial score (nSPS) is 13.8. The maximum Gasteiger partial charge on any atom is 0.544 e. The van der Waals surface area contributed by atoms with Crippen LogP contribution < -0.4 is 0 Å². The smallest absolute Gasteiger partial charge is 0.455 e. The zero-order valence-electron chi connectivity index (χ0n) is 25.4. The summed E-state index contributed by atoms with van der Waals surface area (Å²) in [4.78, 5) is 23.9. The van der Waals surface area contributed by atoms with Gasteiger partial charge in [0.25, 0.3) is 0 Å².